The molecule has 0 aromatic heterocycles. The van der Waals surface area contributed by atoms with Crippen LogP contribution in [-0.4, -0.2) is 0 Å². The van der Waals surface area contributed by atoms with E-state index in [0.29, 0.717) is 0 Å². The fraction of sp³-hybridized carbons (Fsp3) is 0. The zero-order chi connectivity index (χ0) is 34.0. The Kier molecular flexibility index (Phi) is 7.92. The van der Waals surface area contributed by atoms with Gasteiger partial charge in [0.25, 0.3) is 0 Å². The molecule has 1 heteroatoms. The molecule has 9 aromatic carbocycles. The first-order valence-corrected chi connectivity index (χ1v) is 17.5. The summed E-state index contributed by atoms with van der Waals surface area (Å²) in [6, 6.07) is 76.7. The second-order valence-electron chi connectivity index (χ2n) is 13.0. The first-order chi connectivity index (χ1) is 25.3. The number of hydrogen-bond donors (Lipinski definition) is 0. The van der Waals surface area contributed by atoms with E-state index in [9.17, 15) is 0 Å². The Hall–Kier alpha value is -6.70. The van der Waals surface area contributed by atoms with E-state index in [2.05, 4.69) is 217 Å². The van der Waals surface area contributed by atoms with Crippen LogP contribution in [0.1, 0.15) is 0 Å². The summed E-state index contributed by atoms with van der Waals surface area (Å²) in [6.07, 6.45) is 0. The molecule has 0 saturated carbocycles. The molecule has 0 bridgehead atoms. The summed E-state index contributed by atoms with van der Waals surface area (Å²) in [6.45, 7) is 0. The Bertz CT molecular complexity index is 2630. The standard InChI is InChI=1S/C50H35N/c1-2-13-36(14-3-1)40-19-8-20-41(33-40)42-21-9-23-45(34-42)51(44-31-29-39(30-32-44)49-27-11-17-37-15-4-6-25-47(37)49)46-24-10-22-43(35-46)50-28-12-18-38-16-5-7-26-48(38)50/h1-35H. The highest BCUT2D eigenvalue weighted by molar-refractivity contribution is 5.98. The van der Waals surface area contributed by atoms with Crippen molar-refractivity contribution >= 4 is 38.6 Å². The summed E-state index contributed by atoms with van der Waals surface area (Å²) in [5, 5.41) is 5.01. The van der Waals surface area contributed by atoms with Gasteiger partial charge in [-0.25, -0.2) is 0 Å². The van der Waals surface area contributed by atoms with Crippen molar-refractivity contribution in [2.24, 2.45) is 0 Å². The van der Waals surface area contributed by atoms with E-state index in [0.717, 1.165) is 17.1 Å². The molecule has 51 heavy (non-hydrogen) atoms. The minimum atomic E-state index is 1.10. The SMILES string of the molecule is c1ccc(-c2cccc(-c3cccc(N(c4ccc(-c5cccc6ccccc56)cc4)c4cccc(-c5cccc6ccccc56)c4)c3)c2)cc1. The maximum absolute atomic E-state index is 2.38. The van der Waals surface area contributed by atoms with Crippen LogP contribution >= 0.6 is 0 Å². The highest BCUT2D eigenvalue weighted by Crippen LogP contribution is 2.40. The number of nitrogens with zero attached hydrogens (tertiary/aromatic N) is 1. The molecular weight excluding hydrogens is 615 g/mol. The van der Waals surface area contributed by atoms with Gasteiger partial charge in [0.1, 0.15) is 0 Å². The highest BCUT2D eigenvalue weighted by atomic mass is 15.1. The third-order valence-corrected chi connectivity index (χ3v) is 9.84. The predicted octanol–water partition coefficient (Wildman–Crippen LogP) is 14.1. The second-order valence-corrected chi connectivity index (χ2v) is 13.0. The van der Waals surface area contributed by atoms with Crippen LogP contribution in [0.4, 0.5) is 17.1 Å². The second kappa shape index (κ2) is 13.3. The van der Waals surface area contributed by atoms with Crippen molar-refractivity contribution in [2.75, 3.05) is 4.90 Å². The van der Waals surface area contributed by atoms with Crippen molar-refractivity contribution in [2.45, 2.75) is 0 Å². The minimum Gasteiger partial charge on any atom is -0.310 e. The molecule has 1 nitrogen and oxygen atoms in total. The average Bonchev–Trinajstić information content (AvgIpc) is 3.21. The molecule has 9 aromatic rings. The molecule has 0 aliphatic carbocycles. The van der Waals surface area contributed by atoms with Crippen LogP contribution in [0.15, 0.2) is 212 Å². The van der Waals surface area contributed by atoms with E-state index in [1.165, 1.54) is 66.1 Å². The third-order valence-electron chi connectivity index (χ3n) is 9.84. The molecule has 0 fully saturated rings. The molecule has 0 heterocycles. The zero-order valence-corrected chi connectivity index (χ0v) is 28.2. The number of benzene rings is 9. The summed E-state index contributed by atoms with van der Waals surface area (Å²) >= 11 is 0. The van der Waals surface area contributed by atoms with Gasteiger partial charge in [0.15, 0.2) is 0 Å². The van der Waals surface area contributed by atoms with E-state index in [1.54, 1.807) is 0 Å². The monoisotopic (exact) mass is 649 g/mol. The first kappa shape index (κ1) is 30.4. The zero-order valence-electron chi connectivity index (χ0n) is 28.2. The van der Waals surface area contributed by atoms with Crippen molar-refractivity contribution in [1.82, 2.24) is 0 Å². The van der Waals surface area contributed by atoms with Gasteiger partial charge in [-0.1, -0.05) is 170 Å². The fourth-order valence-electron chi connectivity index (χ4n) is 7.34. The molecule has 240 valence electrons. The van der Waals surface area contributed by atoms with Crippen molar-refractivity contribution in [1.29, 1.82) is 0 Å². The topological polar surface area (TPSA) is 3.24 Å². The van der Waals surface area contributed by atoms with Gasteiger partial charge in [0.2, 0.25) is 0 Å². The van der Waals surface area contributed by atoms with Crippen LogP contribution in [0.2, 0.25) is 0 Å². The predicted molar refractivity (Wildman–Crippen MR) is 218 cm³/mol. The molecule has 0 amide bonds. The largest absolute Gasteiger partial charge is 0.310 e. The van der Waals surface area contributed by atoms with Gasteiger partial charge in [-0.15, -0.1) is 0 Å². The number of anilines is 3. The Morgan fingerprint density at radius 1 is 0.235 bits per heavy atom. The van der Waals surface area contributed by atoms with E-state index < -0.39 is 0 Å². The van der Waals surface area contributed by atoms with Gasteiger partial charge in [0.05, 0.1) is 0 Å². The van der Waals surface area contributed by atoms with Crippen LogP contribution in [0, 0.1) is 0 Å². The van der Waals surface area contributed by atoms with Gasteiger partial charge in [-0.05, 0) is 109 Å². The molecule has 0 N–H and O–H groups in total. The molecule has 9 rings (SSSR count). The van der Waals surface area contributed by atoms with Crippen molar-refractivity contribution in [3.8, 4) is 44.5 Å². The lowest BCUT2D eigenvalue weighted by molar-refractivity contribution is 1.28. The van der Waals surface area contributed by atoms with Crippen molar-refractivity contribution < 1.29 is 0 Å². The van der Waals surface area contributed by atoms with Crippen molar-refractivity contribution in [3.05, 3.63) is 212 Å². The third kappa shape index (κ3) is 5.96. The number of hydrogen-bond acceptors (Lipinski definition) is 1. The Morgan fingerprint density at radius 2 is 0.667 bits per heavy atom. The van der Waals surface area contributed by atoms with E-state index in [1.807, 2.05) is 0 Å². The maximum atomic E-state index is 2.38. The fourth-order valence-corrected chi connectivity index (χ4v) is 7.34. The lowest BCUT2D eigenvalue weighted by atomic mass is 9.96. The van der Waals surface area contributed by atoms with E-state index in [4.69, 9.17) is 0 Å². The quantitative estimate of drug-likeness (QED) is 0.166. The normalized spacial score (nSPS) is 11.1. The van der Waals surface area contributed by atoms with Gasteiger partial charge in [-0.2, -0.15) is 0 Å². The summed E-state index contributed by atoms with van der Waals surface area (Å²) in [5.74, 6) is 0. The first-order valence-electron chi connectivity index (χ1n) is 17.5. The Morgan fingerprint density at radius 3 is 1.31 bits per heavy atom. The molecule has 0 saturated heterocycles. The molecule has 0 unspecified atom stereocenters. The average molecular weight is 650 g/mol. The van der Waals surface area contributed by atoms with Gasteiger partial charge >= 0.3 is 0 Å². The minimum absolute atomic E-state index is 1.10. The van der Waals surface area contributed by atoms with Gasteiger partial charge in [0, 0.05) is 17.1 Å². The number of rotatable bonds is 7. The summed E-state index contributed by atoms with van der Waals surface area (Å²) in [5.41, 5.74) is 13.0. The van der Waals surface area contributed by atoms with E-state index >= 15 is 0 Å². The molecular formula is C50H35N. The summed E-state index contributed by atoms with van der Waals surface area (Å²) in [7, 11) is 0. The van der Waals surface area contributed by atoms with Gasteiger partial charge in [-0.3, -0.25) is 0 Å². The molecule has 0 aliphatic heterocycles. The van der Waals surface area contributed by atoms with Crippen LogP contribution in [0.5, 0.6) is 0 Å². The maximum Gasteiger partial charge on any atom is 0.0467 e. The Balaban J connectivity index is 1.17. The molecule has 0 atom stereocenters. The summed E-state index contributed by atoms with van der Waals surface area (Å²) in [4.78, 5) is 2.38. The molecule has 0 radical (unpaired) electrons. The number of fused-ring (bicyclic) bond motifs is 2. The van der Waals surface area contributed by atoms with Crippen molar-refractivity contribution in [3.63, 3.8) is 0 Å². The van der Waals surface area contributed by atoms with Crippen LogP contribution in [-0.2, 0) is 0 Å². The highest BCUT2D eigenvalue weighted by Gasteiger charge is 2.16. The van der Waals surface area contributed by atoms with E-state index in [-0.39, 0.29) is 0 Å². The van der Waals surface area contributed by atoms with Crippen LogP contribution in [0.25, 0.3) is 66.1 Å². The van der Waals surface area contributed by atoms with Crippen LogP contribution < -0.4 is 4.90 Å². The van der Waals surface area contributed by atoms with Gasteiger partial charge < -0.3 is 4.90 Å². The van der Waals surface area contributed by atoms with Crippen LogP contribution in [0.3, 0.4) is 0 Å². The Labute approximate surface area is 299 Å². The lowest BCUT2D eigenvalue weighted by Gasteiger charge is -2.27. The lowest BCUT2D eigenvalue weighted by Crippen LogP contribution is -2.10. The summed E-state index contributed by atoms with van der Waals surface area (Å²) < 4.78 is 0. The molecule has 0 aliphatic rings. The smallest absolute Gasteiger partial charge is 0.0467 e. The molecule has 0 spiro atoms.